The number of thioether (sulfide) groups is 1. The number of hydrogen-bond acceptors (Lipinski definition) is 5. The number of hydrogen-bond donors (Lipinski definition) is 1. The van der Waals surface area contributed by atoms with Crippen molar-refractivity contribution in [2.24, 2.45) is 0 Å². The summed E-state index contributed by atoms with van der Waals surface area (Å²) in [6, 6.07) is 5.04. The molecule has 9 heteroatoms. The standard InChI is InChI=1S/C17H22BrF2NO3S2/c1-5-24-14(22)17(19,20)16(21-26(23)15(2,3)4)8-9-25-13-7-6-11(18)10-12(13)16/h6-7,10,21H,5,8-9H2,1-4H3/t16-,26?/m1/s1. The fraction of sp³-hybridized carbons (Fsp3) is 0.588. The zero-order valence-corrected chi connectivity index (χ0v) is 18.2. The van der Waals surface area contributed by atoms with Crippen molar-refractivity contribution in [3.63, 3.8) is 0 Å². The minimum Gasteiger partial charge on any atom is -0.598 e. The Labute approximate surface area is 168 Å². The second-order valence-corrected chi connectivity index (χ2v) is 10.9. The number of fused-ring (bicyclic) bond motifs is 1. The van der Waals surface area contributed by atoms with Crippen molar-refractivity contribution in [2.75, 3.05) is 12.4 Å². The fourth-order valence-electron chi connectivity index (χ4n) is 2.61. The number of nitrogens with one attached hydrogen (secondary N) is 1. The largest absolute Gasteiger partial charge is 0.598 e. The number of carbonyl (C=O) groups excluding carboxylic acids is 1. The maximum atomic E-state index is 15.4. The van der Waals surface area contributed by atoms with Crippen LogP contribution in [-0.4, -0.2) is 33.6 Å². The molecule has 0 aromatic heterocycles. The summed E-state index contributed by atoms with van der Waals surface area (Å²) in [5.41, 5.74) is -1.86. The van der Waals surface area contributed by atoms with Crippen LogP contribution in [0.25, 0.3) is 0 Å². The van der Waals surface area contributed by atoms with Crippen LogP contribution in [0.2, 0.25) is 0 Å². The molecule has 146 valence electrons. The first-order valence-electron chi connectivity index (χ1n) is 8.13. The molecule has 0 saturated heterocycles. The zero-order chi connectivity index (χ0) is 19.8. The van der Waals surface area contributed by atoms with Crippen LogP contribution in [0, 0.1) is 0 Å². The Morgan fingerprint density at radius 2 is 2.12 bits per heavy atom. The summed E-state index contributed by atoms with van der Waals surface area (Å²) >= 11 is 2.92. The van der Waals surface area contributed by atoms with Crippen LogP contribution in [0.4, 0.5) is 8.78 Å². The SMILES string of the molecule is CCOC(=O)C(F)(F)[C@@]1(N[S+]([O-])C(C)(C)C)CCSc2ccc(Br)cc21. The van der Waals surface area contributed by atoms with Gasteiger partial charge in [-0.2, -0.15) is 8.78 Å². The summed E-state index contributed by atoms with van der Waals surface area (Å²) in [7, 11) is 0. The number of rotatable bonds is 5. The van der Waals surface area contributed by atoms with E-state index in [1.165, 1.54) is 18.7 Å². The molecule has 1 aliphatic rings. The molecule has 2 atom stereocenters. The summed E-state index contributed by atoms with van der Waals surface area (Å²) in [6.07, 6.45) is -0.0608. The van der Waals surface area contributed by atoms with E-state index in [1.807, 2.05) is 0 Å². The molecule has 1 aromatic rings. The van der Waals surface area contributed by atoms with Crippen molar-refractivity contribution < 1.29 is 22.9 Å². The van der Waals surface area contributed by atoms with Gasteiger partial charge in [0.05, 0.1) is 6.61 Å². The Hall–Kier alpha value is -0.350. The Balaban J connectivity index is 2.65. The van der Waals surface area contributed by atoms with Gasteiger partial charge in [-0.15, -0.1) is 16.5 Å². The van der Waals surface area contributed by atoms with Gasteiger partial charge in [-0.1, -0.05) is 15.9 Å². The quantitative estimate of drug-likeness (QED) is 0.511. The number of benzene rings is 1. The summed E-state index contributed by atoms with van der Waals surface area (Å²) in [6.45, 7) is 6.37. The average Bonchev–Trinajstić information content (AvgIpc) is 2.54. The van der Waals surface area contributed by atoms with Gasteiger partial charge in [0, 0.05) is 26.5 Å². The van der Waals surface area contributed by atoms with Gasteiger partial charge in [0.2, 0.25) is 0 Å². The molecule has 0 fully saturated rings. The van der Waals surface area contributed by atoms with Gasteiger partial charge < -0.3 is 9.29 Å². The van der Waals surface area contributed by atoms with Crippen LogP contribution in [0.3, 0.4) is 0 Å². The molecule has 1 N–H and O–H groups in total. The highest BCUT2D eigenvalue weighted by Gasteiger charge is 2.65. The van der Waals surface area contributed by atoms with Gasteiger partial charge >= 0.3 is 11.9 Å². The molecule has 0 aliphatic carbocycles. The molecular weight excluding hydrogens is 448 g/mol. The highest BCUT2D eigenvalue weighted by molar-refractivity contribution is 9.10. The summed E-state index contributed by atoms with van der Waals surface area (Å²) in [4.78, 5) is 12.8. The van der Waals surface area contributed by atoms with E-state index in [0.29, 0.717) is 15.1 Å². The van der Waals surface area contributed by atoms with Gasteiger partial charge in [-0.3, -0.25) is 0 Å². The molecule has 0 saturated carbocycles. The molecule has 2 rings (SSSR count). The van der Waals surface area contributed by atoms with E-state index in [0.717, 1.165) is 0 Å². The van der Waals surface area contributed by atoms with Gasteiger partial charge in [0.1, 0.15) is 4.75 Å². The molecule has 1 aliphatic heterocycles. The number of esters is 1. The van der Waals surface area contributed by atoms with Crippen molar-refractivity contribution in [3.8, 4) is 0 Å². The molecule has 1 unspecified atom stereocenters. The van der Waals surface area contributed by atoms with E-state index < -0.39 is 33.5 Å². The second kappa shape index (κ2) is 7.95. The molecule has 26 heavy (non-hydrogen) atoms. The monoisotopic (exact) mass is 469 g/mol. The lowest BCUT2D eigenvalue weighted by Crippen LogP contribution is -2.64. The Kier molecular flexibility index (Phi) is 6.71. The van der Waals surface area contributed by atoms with E-state index in [-0.39, 0.29) is 18.6 Å². The Bertz CT molecular complexity index is 684. The van der Waals surface area contributed by atoms with Crippen LogP contribution in [0.5, 0.6) is 0 Å². The molecule has 4 nitrogen and oxygen atoms in total. The van der Waals surface area contributed by atoms with Crippen molar-refractivity contribution in [1.29, 1.82) is 0 Å². The number of halogens is 3. The third-order valence-corrected chi connectivity index (χ3v) is 7.24. The molecule has 0 spiro atoms. The van der Waals surface area contributed by atoms with Gasteiger partial charge in [0.15, 0.2) is 5.54 Å². The first kappa shape index (κ1) is 21.9. The highest BCUT2D eigenvalue weighted by Crippen LogP contribution is 2.50. The molecule has 0 bridgehead atoms. The predicted octanol–water partition coefficient (Wildman–Crippen LogP) is 4.39. The molecule has 1 aromatic carbocycles. The number of ether oxygens (including phenoxy) is 1. The van der Waals surface area contributed by atoms with E-state index in [4.69, 9.17) is 0 Å². The van der Waals surface area contributed by atoms with Gasteiger partial charge in [0.25, 0.3) is 0 Å². The Morgan fingerprint density at radius 1 is 1.46 bits per heavy atom. The molecular formula is C17H22BrF2NO3S2. The van der Waals surface area contributed by atoms with Crippen LogP contribution >= 0.6 is 27.7 Å². The van der Waals surface area contributed by atoms with Crippen LogP contribution in [0.15, 0.2) is 27.6 Å². The smallest absolute Gasteiger partial charge is 0.379 e. The van der Waals surface area contributed by atoms with Crippen molar-refractivity contribution >= 4 is 45.0 Å². The summed E-state index contributed by atoms with van der Waals surface area (Å²) in [5.74, 6) is -5.14. The number of carbonyl (C=O) groups is 1. The maximum Gasteiger partial charge on any atom is 0.379 e. The number of alkyl halides is 2. The second-order valence-electron chi connectivity index (χ2n) is 6.92. The lowest BCUT2D eigenvalue weighted by Gasteiger charge is -2.43. The summed E-state index contributed by atoms with van der Waals surface area (Å²) < 4.78 is 50.7. The first-order chi connectivity index (χ1) is 12.0. The zero-order valence-electron chi connectivity index (χ0n) is 15.0. The van der Waals surface area contributed by atoms with Crippen LogP contribution in [-0.2, 0) is 26.4 Å². The minimum atomic E-state index is -3.89. The van der Waals surface area contributed by atoms with Crippen LogP contribution in [0.1, 0.15) is 39.7 Å². The van der Waals surface area contributed by atoms with Gasteiger partial charge in [-0.05, 0) is 57.9 Å². The van der Waals surface area contributed by atoms with Gasteiger partial charge in [-0.25, -0.2) is 4.79 Å². The maximum absolute atomic E-state index is 15.4. The normalized spacial score (nSPS) is 21.8. The van der Waals surface area contributed by atoms with Crippen molar-refractivity contribution in [3.05, 3.63) is 28.2 Å². The van der Waals surface area contributed by atoms with E-state index >= 15 is 8.78 Å². The summed E-state index contributed by atoms with van der Waals surface area (Å²) in [5, 5.41) is 0. The first-order valence-corrected chi connectivity index (χ1v) is 11.1. The fourth-order valence-corrected chi connectivity index (χ4v) is 5.12. The third-order valence-electron chi connectivity index (χ3n) is 4.03. The van der Waals surface area contributed by atoms with Crippen molar-refractivity contribution in [2.45, 2.75) is 55.2 Å². The van der Waals surface area contributed by atoms with Crippen molar-refractivity contribution in [1.82, 2.24) is 4.72 Å². The Morgan fingerprint density at radius 3 is 2.69 bits per heavy atom. The molecule has 0 amide bonds. The average molecular weight is 470 g/mol. The van der Waals surface area contributed by atoms with E-state index in [1.54, 1.807) is 39.0 Å². The third kappa shape index (κ3) is 4.06. The van der Waals surface area contributed by atoms with E-state index in [2.05, 4.69) is 25.4 Å². The highest BCUT2D eigenvalue weighted by atomic mass is 79.9. The van der Waals surface area contributed by atoms with E-state index in [9.17, 15) is 9.35 Å². The topological polar surface area (TPSA) is 61.4 Å². The molecule has 0 radical (unpaired) electrons. The molecule has 1 heterocycles. The van der Waals surface area contributed by atoms with Crippen LogP contribution < -0.4 is 4.72 Å². The predicted molar refractivity (Wildman–Crippen MR) is 104 cm³/mol. The lowest BCUT2D eigenvalue weighted by atomic mass is 9.81. The minimum absolute atomic E-state index is 0.0608. The lowest BCUT2D eigenvalue weighted by molar-refractivity contribution is -0.185.